The molecular formula is C15H29N3O2. The second-order valence-electron chi connectivity index (χ2n) is 5.54. The van der Waals surface area contributed by atoms with Gasteiger partial charge in [0.15, 0.2) is 0 Å². The van der Waals surface area contributed by atoms with E-state index in [-0.39, 0.29) is 11.9 Å². The molecule has 0 atom stereocenters. The third-order valence-corrected chi connectivity index (χ3v) is 3.66. The summed E-state index contributed by atoms with van der Waals surface area (Å²) in [5, 5.41) is 8.69. The highest BCUT2D eigenvalue weighted by Crippen LogP contribution is 2.17. The molecule has 0 aromatic rings. The molecule has 0 aromatic carbocycles. The molecule has 3 amide bonds. The quantitative estimate of drug-likeness (QED) is 0.598. The van der Waals surface area contributed by atoms with E-state index in [9.17, 15) is 9.59 Å². The van der Waals surface area contributed by atoms with Crippen LogP contribution in [-0.2, 0) is 4.79 Å². The average molecular weight is 283 g/mol. The zero-order valence-corrected chi connectivity index (χ0v) is 12.7. The van der Waals surface area contributed by atoms with Crippen molar-refractivity contribution < 1.29 is 9.59 Å². The lowest BCUT2D eigenvalue weighted by atomic mass is 9.96. The summed E-state index contributed by atoms with van der Waals surface area (Å²) >= 11 is 0. The molecule has 1 aliphatic carbocycles. The smallest absolute Gasteiger partial charge is 0.315 e. The van der Waals surface area contributed by atoms with E-state index in [1.807, 2.05) is 0 Å². The lowest BCUT2D eigenvalue weighted by Gasteiger charge is -2.22. The van der Waals surface area contributed by atoms with Crippen molar-refractivity contribution in [1.82, 2.24) is 16.0 Å². The largest absolute Gasteiger partial charge is 0.356 e. The Morgan fingerprint density at radius 2 is 1.70 bits per heavy atom. The van der Waals surface area contributed by atoms with Gasteiger partial charge in [0, 0.05) is 25.6 Å². The number of carbonyl (C=O) groups excluding carboxylic acids is 2. The first-order valence-electron chi connectivity index (χ1n) is 8.03. The summed E-state index contributed by atoms with van der Waals surface area (Å²) < 4.78 is 0. The first kappa shape index (κ1) is 16.8. The van der Waals surface area contributed by atoms with E-state index < -0.39 is 0 Å². The van der Waals surface area contributed by atoms with Gasteiger partial charge in [-0.1, -0.05) is 32.6 Å². The second kappa shape index (κ2) is 10.5. The minimum atomic E-state index is -0.0942. The number of urea groups is 1. The summed E-state index contributed by atoms with van der Waals surface area (Å²) in [6.45, 7) is 3.41. The van der Waals surface area contributed by atoms with Gasteiger partial charge in [0.2, 0.25) is 5.91 Å². The van der Waals surface area contributed by atoms with Crippen LogP contribution < -0.4 is 16.0 Å². The normalized spacial score (nSPS) is 15.7. The maximum Gasteiger partial charge on any atom is 0.315 e. The molecule has 0 spiro atoms. The molecule has 1 fully saturated rings. The third-order valence-electron chi connectivity index (χ3n) is 3.66. The highest BCUT2D eigenvalue weighted by atomic mass is 16.2. The minimum Gasteiger partial charge on any atom is -0.356 e. The van der Waals surface area contributed by atoms with Crippen LogP contribution in [0, 0.1) is 0 Å². The monoisotopic (exact) mass is 283 g/mol. The Hall–Kier alpha value is -1.26. The fourth-order valence-corrected chi connectivity index (χ4v) is 2.43. The number of amides is 3. The van der Waals surface area contributed by atoms with E-state index in [1.165, 1.54) is 19.3 Å². The summed E-state index contributed by atoms with van der Waals surface area (Å²) in [5.41, 5.74) is 0. The van der Waals surface area contributed by atoms with Crippen LogP contribution in [0.25, 0.3) is 0 Å². The highest BCUT2D eigenvalue weighted by molar-refractivity contribution is 5.76. The molecular weight excluding hydrogens is 254 g/mol. The van der Waals surface area contributed by atoms with Crippen LogP contribution in [0.5, 0.6) is 0 Å². The lowest BCUT2D eigenvalue weighted by molar-refractivity contribution is -0.121. The Kier molecular flexibility index (Phi) is 8.83. The van der Waals surface area contributed by atoms with Crippen molar-refractivity contribution in [2.75, 3.05) is 13.1 Å². The SMILES string of the molecule is CCCCNC(=O)CCCNC(=O)NC1CCCCC1. The number of nitrogens with one attached hydrogen (secondary N) is 3. The number of hydrogen-bond donors (Lipinski definition) is 3. The first-order valence-corrected chi connectivity index (χ1v) is 8.03. The Morgan fingerprint density at radius 3 is 2.40 bits per heavy atom. The van der Waals surface area contributed by atoms with E-state index in [2.05, 4.69) is 22.9 Å². The van der Waals surface area contributed by atoms with Crippen LogP contribution in [0.15, 0.2) is 0 Å². The van der Waals surface area contributed by atoms with Crippen molar-refractivity contribution in [3.8, 4) is 0 Å². The molecule has 1 saturated carbocycles. The van der Waals surface area contributed by atoms with Crippen LogP contribution in [0.1, 0.15) is 64.7 Å². The standard InChI is InChI=1S/C15H29N3O2/c1-2-3-11-16-14(19)10-7-12-17-15(20)18-13-8-5-4-6-9-13/h13H,2-12H2,1H3,(H,16,19)(H2,17,18,20). The van der Waals surface area contributed by atoms with Crippen LogP contribution in [0.2, 0.25) is 0 Å². The molecule has 5 heteroatoms. The van der Waals surface area contributed by atoms with E-state index in [0.29, 0.717) is 25.4 Å². The molecule has 1 aliphatic rings. The molecule has 0 saturated heterocycles. The molecule has 0 unspecified atom stereocenters. The van der Waals surface area contributed by atoms with Crippen LogP contribution in [0.3, 0.4) is 0 Å². The zero-order chi connectivity index (χ0) is 14.6. The molecule has 0 radical (unpaired) electrons. The van der Waals surface area contributed by atoms with Crippen molar-refractivity contribution in [2.24, 2.45) is 0 Å². The summed E-state index contributed by atoms with van der Waals surface area (Å²) in [7, 11) is 0. The maximum absolute atomic E-state index is 11.6. The summed E-state index contributed by atoms with van der Waals surface area (Å²) in [6, 6.07) is 0.240. The van der Waals surface area contributed by atoms with Gasteiger partial charge in [-0.3, -0.25) is 4.79 Å². The average Bonchev–Trinajstić information content (AvgIpc) is 2.45. The molecule has 0 bridgehead atoms. The fourth-order valence-electron chi connectivity index (χ4n) is 2.43. The predicted octanol–water partition coefficient (Wildman–Crippen LogP) is 2.31. The molecule has 116 valence electrons. The third kappa shape index (κ3) is 8.02. The number of carbonyl (C=O) groups is 2. The topological polar surface area (TPSA) is 70.2 Å². The van der Waals surface area contributed by atoms with Gasteiger partial charge in [0.25, 0.3) is 0 Å². The van der Waals surface area contributed by atoms with E-state index in [1.54, 1.807) is 0 Å². The van der Waals surface area contributed by atoms with Crippen LogP contribution in [0.4, 0.5) is 4.79 Å². The van der Waals surface area contributed by atoms with E-state index in [4.69, 9.17) is 0 Å². The van der Waals surface area contributed by atoms with Gasteiger partial charge in [0.05, 0.1) is 0 Å². The van der Waals surface area contributed by atoms with E-state index in [0.717, 1.165) is 32.2 Å². The molecule has 3 N–H and O–H groups in total. The zero-order valence-electron chi connectivity index (χ0n) is 12.7. The number of hydrogen-bond acceptors (Lipinski definition) is 2. The molecule has 1 rings (SSSR count). The van der Waals surface area contributed by atoms with Gasteiger partial charge in [-0.25, -0.2) is 4.79 Å². The van der Waals surface area contributed by atoms with Gasteiger partial charge in [-0.2, -0.15) is 0 Å². The summed E-state index contributed by atoms with van der Waals surface area (Å²) in [5.74, 6) is 0.0768. The van der Waals surface area contributed by atoms with Gasteiger partial charge in [-0.15, -0.1) is 0 Å². The molecule has 0 aromatic heterocycles. The van der Waals surface area contributed by atoms with Crippen LogP contribution in [-0.4, -0.2) is 31.1 Å². The van der Waals surface area contributed by atoms with E-state index >= 15 is 0 Å². The first-order chi connectivity index (χ1) is 9.72. The Balaban J connectivity index is 1.97. The molecule has 0 heterocycles. The Labute approximate surface area is 122 Å². The maximum atomic E-state index is 11.6. The van der Waals surface area contributed by atoms with Gasteiger partial charge in [0.1, 0.15) is 0 Å². The number of unbranched alkanes of at least 4 members (excludes halogenated alkanes) is 1. The van der Waals surface area contributed by atoms with Gasteiger partial charge >= 0.3 is 6.03 Å². The fraction of sp³-hybridized carbons (Fsp3) is 0.867. The summed E-state index contributed by atoms with van der Waals surface area (Å²) in [4.78, 5) is 23.1. The van der Waals surface area contributed by atoms with Crippen LogP contribution >= 0.6 is 0 Å². The summed E-state index contributed by atoms with van der Waals surface area (Å²) in [6.07, 6.45) is 9.17. The number of rotatable bonds is 8. The molecule has 20 heavy (non-hydrogen) atoms. The molecule has 5 nitrogen and oxygen atoms in total. The highest BCUT2D eigenvalue weighted by Gasteiger charge is 2.15. The van der Waals surface area contributed by atoms with Gasteiger partial charge in [-0.05, 0) is 25.7 Å². The van der Waals surface area contributed by atoms with Crippen molar-refractivity contribution in [3.05, 3.63) is 0 Å². The van der Waals surface area contributed by atoms with Crippen molar-refractivity contribution >= 4 is 11.9 Å². The lowest BCUT2D eigenvalue weighted by Crippen LogP contribution is -2.43. The molecule has 0 aliphatic heterocycles. The predicted molar refractivity (Wildman–Crippen MR) is 80.6 cm³/mol. The Morgan fingerprint density at radius 1 is 1.00 bits per heavy atom. The minimum absolute atomic E-state index is 0.0768. The Bertz CT molecular complexity index is 289. The van der Waals surface area contributed by atoms with Gasteiger partial charge < -0.3 is 16.0 Å². The van der Waals surface area contributed by atoms with Crippen molar-refractivity contribution in [2.45, 2.75) is 70.8 Å². The van der Waals surface area contributed by atoms with Crippen molar-refractivity contribution in [3.63, 3.8) is 0 Å². The second-order valence-corrected chi connectivity index (χ2v) is 5.54. The van der Waals surface area contributed by atoms with Crippen molar-refractivity contribution in [1.29, 1.82) is 0 Å².